The first kappa shape index (κ1) is 7.28. The number of carboxylic acids is 1. The van der Waals surface area contributed by atoms with Crippen LogP contribution in [0.25, 0.3) is 0 Å². The highest BCUT2D eigenvalue weighted by molar-refractivity contribution is 5.80. The van der Waals surface area contributed by atoms with Crippen molar-refractivity contribution < 1.29 is 9.90 Å². The van der Waals surface area contributed by atoms with E-state index in [1.807, 2.05) is 0 Å². The molecule has 1 fully saturated rings. The minimum Gasteiger partial charge on any atom is -0.478 e. The second-order valence-electron chi connectivity index (χ2n) is 2.42. The summed E-state index contributed by atoms with van der Waals surface area (Å²) in [5.74, 6) is -0.835. The van der Waals surface area contributed by atoms with Gasteiger partial charge in [-0.3, -0.25) is 0 Å². The number of hydrogen-bond donors (Lipinski definition) is 2. The lowest BCUT2D eigenvalue weighted by Crippen LogP contribution is -2.24. The van der Waals surface area contributed by atoms with E-state index < -0.39 is 5.97 Å². The molecule has 0 radical (unpaired) electrons. The van der Waals surface area contributed by atoms with E-state index in [1.165, 1.54) is 6.08 Å². The van der Waals surface area contributed by atoms with Crippen molar-refractivity contribution in [2.75, 3.05) is 13.1 Å². The fourth-order valence-corrected chi connectivity index (χ4v) is 1.08. The predicted molar refractivity (Wildman–Crippen MR) is 37.8 cm³/mol. The number of hydrogen-bond acceptors (Lipinski definition) is 2. The molecule has 1 rings (SSSR count). The van der Waals surface area contributed by atoms with Gasteiger partial charge in [-0.2, -0.15) is 0 Å². The molecule has 0 aromatic heterocycles. The van der Waals surface area contributed by atoms with E-state index in [2.05, 4.69) is 5.32 Å². The lowest BCUT2D eigenvalue weighted by Gasteiger charge is -2.13. The molecule has 1 aliphatic rings. The summed E-state index contributed by atoms with van der Waals surface area (Å²) in [5.41, 5.74) is 0.999. The Labute approximate surface area is 59.7 Å². The van der Waals surface area contributed by atoms with Gasteiger partial charge in [0.05, 0.1) is 0 Å². The quantitative estimate of drug-likeness (QED) is 0.519. The highest BCUT2D eigenvalue weighted by Gasteiger charge is 2.04. The summed E-state index contributed by atoms with van der Waals surface area (Å²) in [6.07, 6.45) is 3.28. The SMILES string of the molecule is O=C(O)/C=C1\CCCNC1. The molecule has 1 saturated heterocycles. The van der Waals surface area contributed by atoms with Crippen LogP contribution in [-0.2, 0) is 4.79 Å². The highest BCUT2D eigenvalue weighted by Crippen LogP contribution is 2.07. The summed E-state index contributed by atoms with van der Waals surface area (Å²) in [7, 11) is 0. The van der Waals surface area contributed by atoms with E-state index in [1.54, 1.807) is 0 Å². The van der Waals surface area contributed by atoms with E-state index in [4.69, 9.17) is 5.11 Å². The van der Waals surface area contributed by atoms with Gasteiger partial charge in [0.25, 0.3) is 0 Å². The van der Waals surface area contributed by atoms with Crippen molar-refractivity contribution in [3.8, 4) is 0 Å². The van der Waals surface area contributed by atoms with Crippen LogP contribution in [0.15, 0.2) is 11.6 Å². The third-order valence-corrected chi connectivity index (χ3v) is 1.53. The van der Waals surface area contributed by atoms with Crippen LogP contribution < -0.4 is 5.32 Å². The van der Waals surface area contributed by atoms with Gasteiger partial charge in [-0.25, -0.2) is 4.79 Å². The van der Waals surface area contributed by atoms with Gasteiger partial charge < -0.3 is 10.4 Å². The zero-order valence-corrected chi connectivity index (χ0v) is 5.76. The average molecular weight is 141 g/mol. The molecule has 0 amide bonds. The maximum Gasteiger partial charge on any atom is 0.328 e. The van der Waals surface area contributed by atoms with Crippen LogP contribution in [-0.4, -0.2) is 24.2 Å². The monoisotopic (exact) mass is 141 g/mol. The van der Waals surface area contributed by atoms with Crippen LogP contribution in [0.2, 0.25) is 0 Å². The van der Waals surface area contributed by atoms with E-state index in [0.29, 0.717) is 0 Å². The zero-order chi connectivity index (χ0) is 7.40. The van der Waals surface area contributed by atoms with Crippen molar-refractivity contribution in [2.24, 2.45) is 0 Å². The van der Waals surface area contributed by atoms with Gasteiger partial charge in [0, 0.05) is 12.6 Å². The molecule has 0 spiro atoms. The lowest BCUT2D eigenvalue weighted by atomic mass is 10.1. The van der Waals surface area contributed by atoms with Gasteiger partial charge in [-0.15, -0.1) is 0 Å². The molecule has 0 bridgehead atoms. The highest BCUT2D eigenvalue weighted by atomic mass is 16.4. The van der Waals surface area contributed by atoms with Crippen molar-refractivity contribution in [1.82, 2.24) is 5.32 Å². The van der Waals surface area contributed by atoms with E-state index in [9.17, 15) is 4.79 Å². The molecule has 56 valence electrons. The van der Waals surface area contributed by atoms with Crippen molar-refractivity contribution in [3.05, 3.63) is 11.6 Å². The molecule has 10 heavy (non-hydrogen) atoms. The van der Waals surface area contributed by atoms with E-state index in [-0.39, 0.29) is 0 Å². The molecular formula is C7H11NO2. The summed E-state index contributed by atoms with van der Waals surface area (Å²) in [6, 6.07) is 0. The van der Waals surface area contributed by atoms with Crippen molar-refractivity contribution in [1.29, 1.82) is 0 Å². The van der Waals surface area contributed by atoms with E-state index >= 15 is 0 Å². The Morgan fingerprint density at radius 3 is 3.00 bits per heavy atom. The molecule has 0 atom stereocenters. The number of nitrogens with one attached hydrogen (secondary N) is 1. The largest absolute Gasteiger partial charge is 0.478 e. The van der Waals surface area contributed by atoms with Crippen molar-refractivity contribution in [2.45, 2.75) is 12.8 Å². The Morgan fingerprint density at radius 2 is 2.50 bits per heavy atom. The molecule has 0 aliphatic carbocycles. The third kappa shape index (κ3) is 2.19. The summed E-state index contributed by atoms with van der Waals surface area (Å²) >= 11 is 0. The van der Waals surface area contributed by atoms with Gasteiger partial charge in [-0.1, -0.05) is 0 Å². The summed E-state index contributed by atoms with van der Waals surface area (Å²) in [5, 5.41) is 11.5. The molecule has 0 aromatic carbocycles. The third-order valence-electron chi connectivity index (χ3n) is 1.53. The molecule has 0 unspecified atom stereocenters. The first-order valence-electron chi connectivity index (χ1n) is 3.42. The molecule has 1 aliphatic heterocycles. The summed E-state index contributed by atoms with van der Waals surface area (Å²) in [6.45, 7) is 1.75. The molecular weight excluding hydrogens is 130 g/mol. The molecule has 0 aromatic rings. The Balaban J connectivity index is 2.45. The van der Waals surface area contributed by atoms with Crippen molar-refractivity contribution >= 4 is 5.97 Å². The van der Waals surface area contributed by atoms with Crippen LogP contribution in [0, 0.1) is 0 Å². The summed E-state index contributed by atoms with van der Waals surface area (Å²) in [4.78, 5) is 10.2. The van der Waals surface area contributed by atoms with Gasteiger partial charge in [0.1, 0.15) is 0 Å². The second-order valence-corrected chi connectivity index (χ2v) is 2.42. The molecule has 3 heteroatoms. The standard InChI is InChI=1S/C7H11NO2/c9-7(10)4-6-2-1-3-8-5-6/h4,8H,1-3,5H2,(H,9,10)/b6-4+. The van der Waals surface area contributed by atoms with Gasteiger partial charge in [0.15, 0.2) is 0 Å². The molecule has 2 N–H and O–H groups in total. The number of aliphatic carboxylic acids is 1. The average Bonchev–Trinajstić information content (AvgIpc) is 1.88. The van der Waals surface area contributed by atoms with Gasteiger partial charge >= 0.3 is 5.97 Å². The minimum atomic E-state index is -0.835. The fourth-order valence-electron chi connectivity index (χ4n) is 1.08. The predicted octanol–water partition coefficient (Wildman–Crippen LogP) is 0.381. The molecule has 0 saturated carbocycles. The van der Waals surface area contributed by atoms with Gasteiger partial charge in [0.2, 0.25) is 0 Å². The minimum absolute atomic E-state index is 0.742. The van der Waals surface area contributed by atoms with Crippen LogP contribution >= 0.6 is 0 Å². The topological polar surface area (TPSA) is 49.3 Å². The van der Waals surface area contributed by atoms with Crippen LogP contribution in [0.4, 0.5) is 0 Å². The molecule has 3 nitrogen and oxygen atoms in total. The lowest BCUT2D eigenvalue weighted by molar-refractivity contribution is -0.131. The smallest absolute Gasteiger partial charge is 0.328 e. The van der Waals surface area contributed by atoms with Crippen molar-refractivity contribution in [3.63, 3.8) is 0 Å². The Hall–Kier alpha value is -0.830. The Morgan fingerprint density at radius 1 is 1.70 bits per heavy atom. The van der Waals surface area contributed by atoms with Crippen LogP contribution in [0.5, 0.6) is 0 Å². The maximum absolute atomic E-state index is 10.2. The molecule has 1 heterocycles. The zero-order valence-electron chi connectivity index (χ0n) is 5.76. The van der Waals surface area contributed by atoms with Crippen LogP contribution in [0.3, 0.4) is 0 Å². The number of carboxylic acid groups (broad SMARTS) is 1. The normalized spacial score (nSPS) is 23.0. The first-order chi connectivity index (χ1) is 4.79. The van der Waals surface area contributed by atoms with Gasteiger partial charge in [-0.05, 0) is 25.0 Å². The Bertz CT molecular complexity index is 155. The maximum atomic E-state index is 10.2. The van der Waals surface area contributed by atoms with E-state index in [0.717, 1.165) is 31.5 Å². The number of piperidine rings is 1. The second kappa shape index (κ2) is 3.37. The fraction of sp³-hybridized carbons (Fsp3) is 0.571. The number of carbonyl (C=O) groups is 1. The Kier molecular flexibility index (Phi) is 2.45. The summed E-state index contributed by atoms with van der Waals surface area (Å²) < 4.78 is 0. The number of rotatable bonds is 1. The van der Waals surface area contributed by atoms with Crippen LogP contribution in [0.1, 0.15) is 12.8 Å². The first-order valence-corrected chi connectivity index (χ1v) is 3.42.